The Bertz CT molecular complexity index is 307. The van der Waals surface area contributed by atoms with Crippen LogP contribution in [0.1, 0.15) is 130 Å². The van der Waals surface area contributed by atoms with Crippen molar-refractivity contribution in [1.82, 2.24) is 5.32 Å². The maximum absolute atomic E-state index is 5.77. The quantitative estimate of drug-likeness (QED) is 0.179. The van der Waals surface area contributed by atoms with Crippen molar-refractivity contribution in [2.75, 3.05) is 0 Å². The molecule has 156 valence electrons. The molecule has 0 aromatic carbocycles. The van der Waals surface area contributed by atoms with Gasteiger partial charge in [-0.05, 0) is 31.0 Å². The molecule has 2 nitrogen and oxygen atoms in total. The molecule has 0 aliphatic heterocycles. The highest BCUT2D eigenvalue weighted by atomic mass is 32.1. The van der Waals surface area contributed by atoms with Crippen molar-refractivity contribution >= 4 is 17.3 Å². The summed E-state index contributed by atoms with van der Waals surface area (Å²) < 4.78 is 0. The molecular weight excluding hydrogens is 336 g/mol. The predicted molar refractivity (Wildman–Crippen MR) is 123 cm³/mol. The second-order valence-corrected chi connectivity index (χ2v) is 8.54. The van der Waals surface area contributed by atoms with Crippen molar-refractivity contribution in [1.29, 1.82) is 0 Å². The van der Waals surface area contributed by atoms with E-state index in [9.17, 15) is 0 Å². The standard InChI is InChI=1S/C23H48N2S/c1-4-7-9-10-11-12-13-14-15-16-17-18-20-22(25-23(24)26)21(6-3)19-8-5-2/h21-22H,4-20H2,1-3H3,(H3,24,25,26). The Morgan fingerprint density at radius 2 is 1.15 bits per heavy atom. The van der Waals surface area contributed by atoms with E-state index in [0.717, 1.165) is 0 Å². The summed E-state index contributed by atoms with van der Waals surface area (Å²) in [6, 6.07) is 0.479. The molecule has 0 fully saturated rings. The molecule has 0 saturated carbocycles. The number of hydrogen-bond acceptors (Lipinski definition) is 1. The van der Waals surface area contributed by atoms with E-state index >= 15 is 0 Å². The second-order valence-electron chi connectivity index (χ2n) is 8.10. The summed E-state index contributed by atoms with van der Waals surface area (Å²) in [4.78, 5) is 0. The van der Waals surface area contributed by atoms with Crippen molar-refractivity contribution in [2.45, 2.75) is 136 Å². The SMILES string of the molecule is CCCCCCCCCCCCCCC(NC(N)=S)C(CC)CCCC. The maximum atomic E-state index is 5.77. The monoisotopic (exact) mass is 384 g/mol. The number of hydrogen-bond donors (Lipinski definition) is 2. The summed E-state index contributed by atoms with van der Waals surface area (Å²) in [5.41, 5.74) is 5.77. The molecule has 0 rings (SSSR count). The van der Waals surface area contributed by atoms with Gasteiger partial charge in [-0.1, -0.05) is 117 Å². The molecule has 0 saturated heterocycles. The second kappa shape index (κ2) is 19.5. The first-order chi connectivity index (χ1) is 12.7. The van der Waals surface area contributed by atoms with Gasteiger partial charge in [0, 0.05) is 6.04 Å². The van der Waals surface area contributed by atoms with Crippen LogP contribution in [-0.4, -0.2) is 11.2 Å². The summed E-state index contributed by atoms with van der Waals surface area (Å²) in [5.74, 6) is 0.712. The molecule has 0 aromatic rings. The van der Waals surface area contributed by atoms with Crippen LogP contribution < -0.4 is 11.1 Å². The predicted octanol–water partition coefficient (Wildman–Crippen LogP) is 7.50. The van der Waals surface area contributed by atoms with Gasteiger partial charge < -0.3 is 11.1 Å². The Morgan fingerprint density at radius 1 is 0.692 bits per heavy atom. The first kappa shape index (κ1) is 25.7. The highest BCUT2D eigenvalue weighted by Gasteiger charge is 2.19. The van der Waals surface area contributed by atoms with Crippen molar-refractivity contribution in [3.8, 4) is 0 Å². The van der Waals surface area contributed by atoms with Crippen LogP contribution in [0.3, 0.4) is 0 Å². The summed E-state index contributed by atoms with van der Waals surface area (Å²) in [5, 5.41) is 3.86. The first-order valence-electron chi connectivity index (χ1n) is 11.7. The van der Waals surface area contributed by atoms with Crippen molar-refractivity contribution < 1.29 is 0 Å². The third-order valence-electron chi connectivity index (χ3n) is 5.72. The number of nitrogens with one attached hydrogen (secondary N) is 1. The lowest BCUT2D eigenvalue weighted by Crippen LogP contribution is -2.43. The highest BCUT2D eigenvalue weighted by Crippen LogP contribution is 2.22. The van der Waals surface area contributed by atoms with Crippen LogP contribution in [-0.2, 0) is 0 Å². The van der Waals surface area contributed by atoms with Gasteiger partial charge in [0.15, 0.2) is 5.11 Å². The lowest BCUT2D eigenvalue weighted by atomic mass is 9.88. The number of nitrogens with two attached hydrogens (primary N) is 1. The number of thiocarbonyl (C=S) groups is 1. The number of rotatable bonds is 19. The minimum absolute atomic E-state index is 0.476. The molecule has 0 radical (unpaired) electrons. The molecule has 0 heterocycles. The van der Waals surface area contributed by atoms with Crippen LogP contribution in [0.5, 0.6) is 0 Å². The smallest absolute Gasteiger partial charge is 0.163 e. The molecule has 26 heavy (non-hydrogen) atoms. The Hall–Kier alpha value is -0.310. The zero-order chi connectivity index (χ0) is 19.5. The van der Waals surface area contributed by atoms with Gasteiger partial charge in [0.2, 0.25) is 0 Å². The largest absolute Gasteiger partial charge is 0.376 e. The van der Waals surface area contributed by atoms with Gasteiger partial charge >= 0.3 is 0 Å². The fourth-order valence-corrected chi connectivity index (χ4v) is 4.12. The summed E-state index contributed by atoms with van der Waals surface area (Å²) in [7, 11) is 0. The average Bonchev–Trinajstić information content (AvgIpc) is 2.62. The lowest BCUT2D eigenvalue weighted by molar-refractivity contribution is 0.324. The lowest BCUT2D eigenvalue weighted by Gasteiger charge is -2.27. The molecule has 3 N–H and O–H groups in total. The number of unbranched alkanes of at least 4 members (excludes halogenated alkanes) is 12. The Morgan fingerprint density at radius 3 is 1.58 bits per heavy atom. The van der Waals surface area contributed by atoms with E-state index in [2.05, 4.69) is 26.1 Å². The van der Waals surface area contributed by atoms with Gasteiger partial charge in [-0.25, -0.2) is 0 Å². The molecule has 3 heteroatoms. The van der Waals surface area contributed by atoms with Gasteiger partial charge in [0.25, 0.3) is 0 Å². The van der Waals surface area contributed by atoms with E-state index < -0.39 is 0 Å². The Balaban J connectivity index is 3.73. The van der Waals surface area contributed by atoms with Crippen molar-refractivity contribution in [3.05, 3.63) is 0 Å². The van der Waals surface area contributed by atoms with E-state index in [4.69, 9.17) is 18.0 Å². The molecule has 2 atom stereocenters. The van der Waals surface area contributed by atoms with Crippen LogP contribution in [0.15, 0.2) is 0 Å². The van der Waals surface area contributed by atoms with Gasteiger partial charge in [0.05, 0.1) is 0 Å². The Labute approximate surface area is 170 Å². The highest BCUT2D eigenvalue weighted by molar-refractivity contribution is 7.80. The minimum atomic E-state index is 0.476. The van der Waals surface area contributed by atoms with Gasteiger partial charge in [0.1, 0.15) is 0 Å². The third kappa shape index (κ3) is 15.9. The molecule has 0 aliphatic rings. The Kier molecular flexibility index (Phi) is 19.2. The molecule has 0 amide bonds. The zero-order valence-electron chi connectivity index (χ0n) is 18.2. The van der Waals surface area contributed by atoms with Crippen molar-refractivity contribution in [3.63, 3.8) is 0 Å². The summed E-state index contributed by atoms with van der Waals surface area (Å²) >= 11 is 5.11. The summed E-state index contributed by atoms with van der Waals surface area (Å²) in [6.07, 6.45) is 23.2. The third-order valence-corrected chi connectivity index (χ3v) is 5.84. The molecule has 0 aromatic heterocycles. The van der Waals surface area contributed by atoms with E-state index in [-0.39, 0.29) is 0 Å². The fraction of sp³-hybridized carbons (Fsp3) is 0.957. The fourth-order valence-electron chi connectivity index (χ4n) is 3.97. The summed E-state index contributed by atoms with van der Waals surface area (Å²) in [6.45, 7) is 6.86. The van der Waals surface area contributed by atoms with E-state index in [1.807, 2.05) is 0 Å². The van der Waals surface area contributed by atoms with Crippen LogP contribution in [0.2, 0.25) is 0 Å². The molecule has 0 spiro atoms. The maximum Gasteiger partial charge on any atom is 0.163 e. The van der Waals surface area contributed by atoms with Crippen molar-refractivity contribution in [2.24, 2.45) is 11.7 Å². The topological polar surface area (TPSA) is 38.0 Å². The van der Waals surface area contributed by atoms with E-state index in [0.29, 0.717) is 17.1 Å². The molecular formula is C23H48N2S. The van der Waals surface area contributed by atoms with Crippen LogP contribution >= 0.6 is 12.2 Å². The average molecular weight is 385 g/mol. The van der Waals surface area contributed by atoms with E-state index in [1.54, 1.807) is 0 Å². The van der Waals surface area contributed by atoms with Gasteiger partial charge in [-0.2, -0.15) is 0 Å². The normalized spacial score (nSPS) is 13.5. The molecule has 0 bridgehead atoms. The van der Waals surface area contributed by atoms with Crippen LogP contribution in [0.4, 0.5) is 0 Å². The van der Waals surface area contributed by atoms with Gasteiger partial charge in [-0.3, -0.25) is 0 Å². The van der Waals surface area contributed by atoms with Crippen LogP contribution in [0, 0.1) is 5.92 Å². The minimum Gasteiger partial charge on any atom is -0.376 e. The van der Waals surface area contributed by atoms with Gasteiger partial charge in [-0.15, -0.1) is 0 Å². The molecule has 0 aliphatic carbocycles. The van der Waals surface area contributed by atoms with E-state index in [1.165, 1.54) is 109 Å². The van der Waals surface area contributed by atoms with Crippen LogP contribution in [0.25, 0.3) is 0 Å². The first-order valence-corrected chi connectivity index (χ1v) is 12.1. The zero-order valence-corrected chi connectivity index (χ0v) is 19.0. The molecule has 2 unspecified atom stereocenters.